The van der Waals surface area contributed by atoms with Crippen molar-refractivity contribution in [2.24, 2.45) is 0 Å². The Morgan fingerprint density at radius 1 is 0.625 bits per heavy atom. The molecule has 2 aliphatic carbocycles. The van der Waals surface area contributed by atoms with Gasteiger partial charge < -0.3 is 0 Å². The molecule has 2 aromatic rings. The van der Waals surface area contributed by atoms with Gasteiger partial charge in [0, 0.05) is 0 Å². The Balaban J connectivity index is 0.000000183. The molecule has 2 aromatic carbocycles. The van der Waals surface area contributed by atoms with Crippen molar-refractivity contribution in [3.63, 3.8) is 0 Å². The third kappa shape index (κ3) is 8.98. The average molecular weight is 555 g/mol. The quantitative estimate of drug-likeness (QED) is 0.312. The van der Waals surface area contributed by atoms with E-state index in [4.69, 9.17) is 34.1 Å². The summed E-state index contributed by atoms with van der Waals surface area (Å²) in [5, 5.41) is 0. The van der Waals surface area contributed by atoms with Gasteiger partial charge >= 0.3 is 75.7 Å². The number of hydrogen-bond acceptors (Lipinski definition) is 0. The zero-order chi connectivity index (χ0) is 17.6. The van der Waals surface area contributed by atoms with Gasteiger partial charge in [0.25, 0.3) is 0 Å². The van der Waals surface area contributed by atoms with Crippen molar-refractivity contribution in [2.75, 3.05) is 0 Å². The fraction of sp³-hybridized carbons (Fsp3) is 0.111. The first-order valence-electron chi connectivity index (χ1n) is 6.98. The van der Waals surface area contributed by atoms with Gasteiger partial charge in [0.1, 0.15) is 0 Å². The normalized spacial score (nSPS) is 11.5. The van der Waals surface area contributed by atoms with E-state index in [1.54, 1.807) is 0 Å². The molecule has 0 amide bonds. The zero-order valence-corrected chi connectivity index (χ0v) is 20.6. The first kappa shape index (κ1) is 22.9. The third-order valence-electron chi connectivity index (χ3n) is 3.21. The molecular weight excluding hydrogens is 540 g/mol. The molecule has 0 atom stereocenters. The Kier molecular flexibility index (Phi) is 14.3. The fourth-order valence-electron chi connectivity index (χ4n) is 2.21. The molecule has 0 nitrogen and oxygen atoms in total. The van der Waals surface area contributed by atoms with Crippen molar-refractivity contribution in [2.45, 2.75) is 12.8 Å². The summed E-state index contributed by atoms with van der Waals surface area (Å²) in [7, 11) is 19.7. The van der Waals surface area contributed by atoms with E-state index in [0.29, 0.717) is 0 Å². The van der Waals surface area contributed by atoms with Crippen LogP contribution in [0.3, 0.4) is 0 Å². The zero-order valence-electron chi connectivity index (χ0n) is 12.7. The molecule has 0 bridgehead atoms. The van der Waals surface area contributed by atoms with Gasteiger partial charge in [0.05, 0.1) is 0 Å². The maximum absolute atomic E-state index is 4.93. The predicted molar refractivity (Wildman–Crippen MR) is 99.1 cm³/mol. The van der Waals surface area contributed by atoms with Crippen LogP contribution in [0.25, 0.3) is 12.2 Å². The summed E-state index contributed by atoms with van der Waals surface area (Å²) in [6.07, 6.45) is 12.4. The summed E-state index contributed by atoms with van der Waals surface area (Å²) in [6.45, 7) is 0. The molecule has 2 aliphatic rings. The topological polar surface area (TPSA) is 0 Å². The van der Waals surface area contributed by atoms with Gasteiger partial charge in [-0.3, -0.25) is 12.2 Å². The van der Waals surface area contributed by atoms with E-state index in [9.17, 15) is 0 Å². The van der Waals surface area contributed by atoms with Gasteiger partial charge in [-0.25, -0.2) is 12.2 Å². The molecule has 0 heterocycles. The van der Waals surface area contributed by atoms with Crippen LogP contribution in [0.15, 0.2) is 48.5 Å². The molecule has 24 heavy (non-hydrogen) atoms. The Bertz CT molecular complexity index is 599. The average Bonchev–Trinajstić information content (AvgIpc) is 3.26. The number of allylic oxidation sites excluding steroid dienone is 2. The molecule has 124 valence electrons. The van der Waals surface area contributed by atoms with Crippen molar-refractivity contribution < 1.29 is 41.7 Å². The first-order chi connectivity index (χ1) is 11.8. The summed E-state index contributed by atoms with van der Waals surface area (Å²) < 4.78 is 0. The third-order valence-corrected chi connectivity index (χ3v) is 3.21. The SMILES string of the molecule is [C-]1=Cc2ccccc2C1.[C-]1=Cc2ccccc2C1.[Cl][Zr][Cl].[Cl][Zr][Cl]. The van der Waals surface area contributed by atoms with Crippen LogP contribution in [0.4, 0.5) is 0 Å². The summed E-state index contributed by atoms with van der Waals surface area (Å²) in [5.41, 5.74) is 5.46. The van der Waals surface area contributed by atoms with Gasteiger partial charge in [0.2, 0.25) is 0 Å². The van der Waals surface area contributed by atoms with Gasteiger partial charge in [-0.05, 0) is 0 Å². The van der Waals surface area contributed by atoms with Crippen molar-refractivity contribution in [3.05, 3.63) is 82.9 Å². The molecule has 0 radical (unpaired) electrons. The molecule has 0 spiro atoms. The van der Waals surface area contributed by atoms with Crippen molar-refractivity contribution >= 4 is 46.2 Å². The number of fused-ring (bicyclic) bond motifs is 2. The van der Waals surface area contributed by atoms with E-state index in [2.05, 4.69) is 72.8 Å². The number of halogens is 4. The van der Waals surface area contributed by atoms with Crippen molar-refractivity contribution in [1.29, 1.82) is 0 Å². The minimum atomic E-state index is -0.826. The van der Waals surface area contributed by atoms with E-state index in [0.717, 1.165) is 12.8 Å². The Morgan fingerprint density at radius 2 is 0.958 bits per heavy atom. The molecule has 0 unspecified atom stereocenters. The Hall–Kier alpha value is 0.846. The molecule has 4 rings (SSSR count). The van der Waals surface area contributed by atoms with E-state index >= 15 is 0 Å². The van der Waals surface area contributed by atoms with Crippen LogP contribution in [0.1, 0.15) is 22.3 Å². The molecule has 0 saturated heterocycles. The van der Waals surface area contributed by atoms with E-state index < -0.39 is 41.7 Å². The second-order valence-electron chi connectivity index (χ2n) is 4.59. The van der Waals surface area contributed by atoms with Crippen molar-refractivity contribution in [3.8, 4) is 0 Å². The van der Waals surface area contributed by atoms with Crippen molar-refractivity contribution in [1.82, 2.24) is 0 Å². The van der Waals surface area contributed by atoms with Gasteiger partial charge in [-0.15, -0.1) is 36.1 Å². The maximum atomic E-state index is 4.93. The summed E-state index contributed by atoms with van der Waals surface area (Å²) in [4.78, 5) is 0. The van der Waals surface area contributed by atoms with Crippen LogP contribution in [-0.4, -0.2) is 0 Å². The van der Waals surface area contributed by atoms with E-state index in [1.807, 2.05) is 0 Å². The van der Waals surface area contributed by atoms with Crippen LogP contribution in [0, 0.1) is 12.2 Å². The fourth-order valence-corrected chi connectivity index (χ4v) is 2.21. The minimum absolute atomic E-state index is 0.826. The van der Waals surface area contributed by atoms with Crippen LogP contribution in [0.5, 0.6) is 0 Å². The number of rotatable bonds is 0. The summed E-state index contributed by atoms with van der Waals surface area (Å²) in [5.74, 6) is 0. The molecule has 0 fully saturated rings. The van der Waals surface area contributed by atoms with E-state index in [1.165, 1.54) is 22.3 Å². The van der Waals surface area contributed by atoms with Crippen LogP contribution in [-0.2, 0) is 54.5 Å². The molecule has 0 aromatic heterocycles. The van der Waals surface area contributed by atoms with Crippen LogP contribution >= 0.6 is 34.1 Å². The summed E-state index contributed by atoms with van der Waals surface area (Å²) in [6, 6.07) is 16.8. The molecule has 0 aliphatic heterocycles. The summed E-state index contributed by atoms with van der Waals surface area (Å²) >= 11 is -1.65. The molecular formula is C18H14Cl4Zr2-2. The van der Waals surface area contributed by atoms with Gasteiger partial charge in [-0.1, -0.05) is 36.4 Å². The standard InChI is InChI=1S/2C9H7.4ClH.2Zr/c2*1-2-5-9-7-3-6-8(9)4-1;;;;;;/h2*1-2,4-6H,7H2;4*1H;;/q2*-1;;;;;2*+2/p-4. The Morgan fingerprint density at radius 3 is 1.29 bits per heavy atom. The second kappa shape index (κ2) is 15.0. The number of hydrogen-bond donors (Lipinski definition) is 0. The molecule has 0 N–H and O–H groups in total. The van der Waals surface area contributed by atoms with Crippen LogP contribution in [0.2, 0.25) is 0 Å². The predicted octanol–water partition coefficient (Wildman–Crippen LogP) is 6.87. The Labute approximate surface area is 181 Å². The second-order valence-corrected chi connectivity index (χ2v) is 12.1. The molecule has 6 heteroatoms. The van der Waals surface area contributed by atoms with Gasteiger partial charge in [-0.2, -0.15) is 11.1 Å². The van der Waals surface area contributed by atoms with Gasteiger partial charge in [0.15, 0.2) is 0 Å². The molecule has 0 saturated carbocycles. The first-order valence-corrected chi connectivity index (χ1v) is 19.6. The number of benzene rings is 2. The monoisotopic (exact) mass is 550 g/mol. The van der Waals surface area contributed by atoms with Crippen LogP contribution < -0.4 is 0 Å². The van der Waals surface area contributed by atoms with E-state index in [-0.39, 0.29) is 0 Å².